The van der Waals surface area contributed by atoms with Gasteiger partial charge in [0, 0.05) is 14.2 Å². The predicted octanol–water partition coefficient (Wildman–Crippen LogP) is 4.36. The minimum Gasteiger partial charge on any atom is -0.481 e. The van der Waals surface area contributed by atoms with Gasteiger partial charge in [-0.3, -0.25) is 9.36 Å². The summed E-state index contributed by atoms with van der Waals surface area (Å²) in [5.74, 6) is -0.919. The third kappa shape index (κ3) is 7.94. The first-order valence-electron chi connectivity index (χ1n) is 7.86. The van der Waals surface area contributed by atoms with Gasteiger partial charge in [0.15, 0.2) is 8.32 Å². The smallest absolute Gasteiger partial charge is 0.330 e. The molecule has 0 saturated heterocycles. The van der Waals surface area contributed by atoms with Crippen molar-refractivity contribution < 1.29 is 27.9 Å². The van der Waals surface area contributed by atoms with E-state index < -0.39 is 28.0 Å². The highest BCUT2D eigenvalue weighted by Crippen LogP contribution is 2.48. The highest BCUT2D eigenvalue weighted by Gasteiger charge is 2.40. The Hall–Kier alpha value is -0.203. The van der Waals surface area contributed by atoms with E-state index in [4.69, 9.17) is 18.6 Å². The Labute approximate surface area is 141 Å². The molecule has 6 nitrogen and oxygen atoms in total. The Morgan fingerprint density at radius 1 is 1.22 bits per heavy atom. The lowest BCUT2D eigenvalue weighted by atomic mass is 10.0. The van der Waals surface area contributed by atoms with Crippen LogP contribution in [0.4, 0.5) is 0 Å². The minimum absolute atomic E-state index is 0.00133. The summed E-state index contributed by atoms with van der Waals surface area (Å²) in [5.41, 5.74) is 0. The summed E-state index contributed by atoms with van der Waals surface area (Å²) in [5, 5.41) is 9.15. The molecule has 0 heterocycles. The van der Waals surface area contributed by atoms with E-state index in [2.05, 4.69) is 33.9 Å². The fraction of sp³-hybridized carbons (Fsp3) is 0.933. The van der Waals surface area contributed by atoms with Gasteiger partial charge in [-0.2, -0.15) is 0 Å². The summed E-state index contributed by atoms with van der Waals surface area (Å²) in [4.78, 5) is 11.2. The predicted molar refractivity (Wildman–Crippen MR) is 94.6 cm³/mol. The monoisotopic (exact) mass is 368 g/mol. The molecule has 2 unspecified atom stereocenters. The normalized spacial score (nSPS) is 16.2. The van der Waals surface area contributed by atoms with E-state index in [9.17, 15) is 9.36 Å². The summed E-state index contributed by atoms with van der Waals surface area (Å²) in [6, 6.07) is 0. The topological polar surface area (TPSA) is 82.1 Å². The average molecular weight is 368 g/mol. The molecule has 23 heavy (non-hydrogen) atoms. The van der Waals surface area contributed by atoms with Crippen LogP contribution in [0.5, 0.6) is 0 Å². The SMILES string of the molecule is COP(=O)(CC(C)CC(CC(=O)O)O[Si](C)(C)C(C)(C)C)OC. The summed E-state index contributed by atoms with van der Waals surface area (Å²) in [7, 11) is -2.46. The second-order valence-corrected chi connectivity index (χ2v) is 14.7. The van der Waals surface area contributed by atoms with Crippen LogP contribution in [0.1, 0.15) is 40.5 Å². The molecule has 0 aliphatic carbocycles. The summed E-state index contributed by atoms with van der Waals surface area (Å²) < 4.78 is 28.4. The van der Waals surface area contributed by atoms with Gasteiger partial charge < -0.3 is 18.6 Å². The number of hydrogen-bond acceptors (Lipinski definition) is 5. The van der Waals surface area contributed by atoms with Crippen LogP contribution in [-0.2, 0) is 22.8 Å². The number of carboxylic acids is 1. The zero-order valence-corrected chi connectivity index (χ0v) is 17.6. The minimum atomic E-state index is -3.10. The van der Waals surface area contributed by atoms with Gasteiger partial charge in [-0.25, -0.2) is 0 Å². The van der Waals surface area contributed by atoms with Crippen LogP contribution in [0, 0.1) is 5.92 Å². The van der Waals surface area contributed by atoms with E-state index >= 15 is 0 Å². The van der Waals surface area contributed by atoms with Crippen molar-refractivity contribution in [2.24, 2.45) is 5.92 Å². The standard InChI is InChI=1S/C15H33O6PSi/c1-12(11-22(18,19-5)20-6)9-13(10-14(16)17)21-23(7,8)15(2,3)4/h12-13H,9-11H2,1-8H3,(H,16,17). The number of hydrogen-bond donors (Lipinski definition) is 1. The van der Waals surface area contributed by atoms with Crippen LogP contribution in [0.15, 0.2) is 0 Å². The molecule has 0 aromatic carbocycles. The maximum absolute atomic E-state index is 12.2. The van der Waals surface area contributed by atoms with Gasteiger partial charge in [0.05, 0.1) is 18.7 Å². The van der Waals surface area contributed by atoms with Crippen molar-refractivity contribution in [3.05, 3.63) is 0 Å². The number of aliphatic carboxylic acids is 1. The zero-order valence-electron chi connectivity index (χ0n) is 15.7. The molecular formula is C15H33O6PSi. The molecule has 0 aliphatic heterocycles. The number of rotatable bonds is 10. The number of carbonyl (C=O) groups is 1. The van der Waals surface area contributed by atoms with E-state index in [-0.39, 0.29) is 23.5 Å². The van der Waals surface area contributed by atoms with E-state index in [1.165, 1.54) is 14.2 Å². The van der Waals surface area contributed by atoms with Crippen LogP contribution in [-0.4, -0.2) is 45.9 Å². The molecular weight excluding hydrogens is 335 g/mol. The Kier molecular flexibility index (Phi) is 8.69. The Bertz CT molecular complexity index is 424. The van der Waals surface area contributed by atoms with Gasteiger partial charge >= 0.3 is 13.6 Å². The van der Waals surface area contributed by atoms with Crippen LogP contribution < -0.4 is 0 Å². The highest BCUT2D eigenvalue weighted by atomic mass is 31.2. The second kappa shape index (κ2) is 8.76. The molecule has 0 fully saturated rings. The molecule has 0 aliphatic rings. The first-order chi connectivity index (χ1) is 10.3. The molecule has 0 saturated carbocycles. The van der Waals surface area contributed by atoms with Crippen molar-refractivity contribution >= 4 is 21.9 Å². The molecule has 0 aromatic rings. The lowest BCUT2D eigenvalue weighted by Gasteiger charge is -2.39. The van der Waals surface area contributed by atoms with Gasteiger partial charge in [-0.1, -0.05) is 27.7 Å². The zero-order chi connectivity index (χ0) is 18.5. The first-order valence-corrected chi connectivity index (χ1v) is 12.5. The lowest BCUT2D eigenvalue weighted by molar-refractivity contribution is -0.139. The van der Waals surface area contributed by atoms with E-state index in [0.717, 1.165) is 0 Å². The molecule has 1 N–H and O–H groups in total. The molecule has 0 aromatic heterocycles. The van der Waals surface area contributed by atoms with E-state index in [0.29, 0.717) is 6.42 Å². The number of carboxylic acid groups (broad SMARTS) is 1. The molecule has 0 spiro atoms. The van der Waals surface area contributed by atoms with Crippen molar-refractivity contribution in [3.8, 4) is 0 Å². The Morgan fingerprint density at radius 3 is 2.04 bits per heavy atom. The quantitative estimate of drug-likeness (QED) is 0.456. The van der Waals surface area contributed by atoms with Crippen molar-refractivity contribution in [2.75, 3.05) is 20.4 Å². The third-order valence-electron chi connectivity index (χ3n) is 4.43. The van der Waals surface area contributed by atoms with E-state index in [1.807, 2.05) is 6.92 Å². The van der Waals surface area contributed by atoms with Crippen molar-refractivity contribution in [2.45, 2.75) is 64.8 Å². The maximum atomic E-state index is 12.2. The van der Waals surface area contributed by atoms with Gasteiger partial charge in [-0.05, 0) is 30.5 Å². The largest absolute Gasteiger partial charge is 0.481 e. The van der Waals surface area contributed by atoms with Crippen molar-refractivity contribution in [1.82, 2.24) is 0 Å². The van der Waals surface area contributed by atoms with Crippen molar-refractivity contribution in [1.29, 1.82) is 0 Å². The fourth-order valence-corrected chi connectivity index (χ4v) is 4.82. The second-order valence-electron chi connectivity index (χ2n) is 7.60. The molecule has 138 valence electrons. The Balaban J connectivity index is 5.00. The Morgan fingerprint density at radius 2 is 1.70 bits per heavy atom. The van der Waals surface area contributed by atoms with Crippen molar-refractivity contribution in [3.63, 3.8) is 0 Å². The van der Waals surface area contributed by atoms with Gasteiger partial charge in [0.1, 0.15) is 0 Å². The summed E-state index contributed by atoms with van der Waals surface area (Å²) in [6.45, 7) is 12.5. The molecule has 8 heteroatoms. The first kappa shape index (κ1) is 22.8. The highest BCUT2D eigenvalue weighted by molar-refractivity contribution is 7.53. The third-order valence-corrected chi connectivity index (χ3v) is 11.1. The van der Waals surface area contributed by atoms with Gasteiger partial charge in [0.25, 0.3) is 0 Å². The maximum Gasteiger partial charge on any atom is 0.330 e. The fourth-order valence-electron chi connectivity index (χ4n) is 2.09. The molecule has 2 atom stereocenters. The molecule has 0 bridgehead atoms. The summed E-state index contributed by atoms with van der Waals surface area (Å²) in [6.07, 6.45) is 0.304. The van der Waals surface area contributed by atoms with Crippen LogP contribution in [0.25, 0.3) is 0 Å². The van der Waals surface area contributed by atoms with E-state index in [1.54, 1.807) is 0 Å². The van der Waals surface area contributed by atoms with Gasteiger partial charge in [-0.15, -0.1) is 0 Å². The molecule has 0 radical (unpaired) electrons. The molecule has 0 rings (SSSR count). The lowest BCUT2D eigenvalue weighted by Crippen LogP contribution is -2.44. The van der Waals surface area contributed by atoms with Crippen LogP contribution in [0.3, 0.4) is 0 Å². The molecule has 0 amide bonds. The van der Waals surface area contributed by atoms with Crippen LogP contribution >= 0.6 is 7.60 Å². The van der Waals surface area contributed by atoms with Crippen LogP contribution in [0.2, 0.25) is 18.1 Å². The summed E-state index contributed by atoms with van der Waals surface area (Å²) >= 11 is 0. The van der Waals surface area contributed by atoms with Gasteiger partial charge in [0.2, 0.25) is 0 Å². The average Bonchev–Trinajstić information content (AvgIpc) is 2.35.